The zero-order chi connectivity index (χ0) is 17.5. The summed E-state index contributed by atoms with van der Waals surface area (Å²) in [7, 11) is -3.51. The molecule has 0 aliphatic heterocycles. The largest absolute Gasteiger partial charge is 0.352 e. The summed E-state index contributed by atoms with van der Waals surface area (Å²) >= 11 is 0. The van der Waals surface area contributed by atoms with Gasteiger partial charge in [0.25, 0.3) is 5.91 Å². The SMILES string of the molecule is CC(C)CCNC(=O)c1ccc(S(=O)(=O)NCCC(C)C)cc1. The molecule has 0 saturated heterocycles. The molecule has 1 aromatic carbocycles. The van der Waals surface area contributed by atoms with E-state index in [9.17, 15) is 13.2 Å². The van der Waals surface area contributed by atoms with Crippen LogP contribution in [-0.4, -0.2) is 27.4 Å². The molecule has 2 N–H and O–H groups in total. The first-order valence-corrected chi connectivity index (χ1v) is 9.58. The summed E-state index contributed by atoms with van der Waals surface area (Å²) in [6.07, 6.45) is 1.70. The van der Waals surface area contributed by atoms with Crippen molar-refractivity contribution < 1.29 is 13.2 Å². The van der Waals surface area contributed by atoms with Gasteiger partial charge in [-0.15, -0.1) is 0 Å². The Balaban J connectivity index is 2.63. The average Bonchev–Trinajstić information content (AvgIpc) is 2.46. The number of carbonyl (C=O) groups is 1. The van der Waals surface area contributed by atoms with Gasteiger partial charge in [0, 0.05) is 18.7 Å². The fourth-order valence-electron chi connectivity index (χ4n) is 1.93. The summed E-state index contributed by atoms with van der Waals surface area (Å²) in [5, 5.41) is 2.83. The van der Waals surface area contributed by atoms with Crippen LogP contribution in [0, 0.1) is 11.8 Å². The summed E-state index contributed by atoms with van der Waals surface area (Å²) in [6.45, 7) is 9.31. The number of rotatable bonds is 9. The molecular formula is C17H28N2O3S. The molecule has 5 nitrogen and oxygen atoms in total. The molecule has 0 aromatic heterocycles. The molecule has 130 valence electrons. The second-order valence-corrected chi connectivity index (χ2v) is 8.31. The van der Waals surface area contributed by atoms with Gasteiger partial charge in [-0.2, -0.15) is 0 Å². The standard InChI is InChI=1S/C17H28N2O3S/c1-13(2)9-11-18-17(20)15-5-7-16(8-6-15)23(21,22)19-12-10-14(3)4/h5-8,13-14,19H,9-12H2,1-4H3,(H,18,20). The van der Waals surface area contributed by atoms with Crippen molar-refractivity contribution in [3.63, 3.8) is 0 Å². The van der Waals surface area contributed by atoms with Gasteiger partial charge in [0.1, 0.15) is 0 Å². The van der Waals surface area contributed by atoms with Crippen molar-refractivity contribution in [2.75, 3.05) is 13.1 Å². The van der Waals surface area contributed by atoms with E-state index < -0.39 is 10.0 Å². The Labute approximate surface area is 139 Å². The maximum absolute atomic E-state index is 12.1. The van der Waals surface area contributed by atoms with Crippen LogP contribution in [0.1, 0.15) is 50.9 Å². The van der Waals surface area contributed by atoms with Gasteiger partial charge in [-0.25, -0.2) is 13.1 Å². The zero-order valence-corrected chi connectivity index (χ0v) is 15.2. The first-order chi connectivity index (χ1) is 10.7. The molecule has 6 heteroatoms. The first kappa shape index (κ1) is 19.6. The van der Waals surface area contributed by atoms with Gasteiger partial charge in [-0.3, -0.25) is 4.79 Å². The molecule has 0 saturated carbocycles. The molecule has 23 heavy (non-hydrogen) atoms. The quantitative estimate of drug-likeness (QED) is 0.726. The highest BCUT2D eigenvalue weighted by atomic mass is 32.2. The first-order valence-electron chi connectivity index (χ1n) is 8.10. The van der Waals surface area contributed by atoms with Crippen molar-refractivity contribution in [2.24, 2.45) is 11.8 Å². The van der Waals surface area contributed by atoms with Crippen LogP contribution in [0.25, 0.3) is 0 Å². The molecule has 1 amide bonds. The maximum Gasteiger partial charge on any atom is 0.251 e. The van der Waals surface area contributed by atoms with Gasteiger partial charge in [0.05, 0.1) is 4.90 Å². The van der Waals surface area contributed by atoms with Crippen LogP contribution >= 0.6 is 0 Å². The summed E-state index contributed by atoms with van der Waals surface area (Å²) in [5.74, 6) is 0.789. The molecule has 0 spiro atoms. The van der Waals surface area contributed by atoms with Crippen LogP contribution in [-0.2, 0) is 10.0 Å². The zero-order valence-electron chi connectivity index (χ0n) is 14.4. The van der Waals surface area contributed by atoms with Crippen LogP contribution in [0.2, 0.25) is 0 Å². The van der Waals surface area contributed by atoms with Crippen molar-refractivity contribution in [3.8, 4) is 0 Å². The number of sulfonamides is 1. The van der Waals surface area contributed by atoms with E-state index in [1.807, 2.05) is 13.8 Å². The monoisotopic (exact) mass is 340 g/mol. The molecule has 0 aliphatic rings. The number of benzene rings is 1. The number of amides is 1. The van der Waals surface area contributed by atoms with Gasteiger partial charge in [0.2, 0.25) is 10.0 Å². The van der Waals surface area contributed by atoms with Gasteiger partial charge >= 0.3 is 0 Å². The number of nitrogens with one attached hydrogen (secondary N) is 2. The van der Waals surface area contributed by atoms with E-state index in [0.29, 0.717) is 30.5 Å². The molecular weight excluding hydrogens is 312 g/mol. The predicted molar refractivity (Wildman–Crippen MR) is 92.9 cm³/mol. The lowest BCUT2D eigenvalue weighted by atomic mass is 10.1. The minimum atomic E-state index is -3.51. The lowest BCUT2D eigenvalue weighted by Gasteiger charge is -2.10. The summed E-state index contributed by atoms with van der Waals surface area (Å²) < 4.78 is 26.8. The van der Waals surface area contributed by atoms with Gasteiger partial charge in [0.15, 0.2) is 0 Å². The topological polar surface area (TPSA) is 75.3 Å². The fraction of sp³-hybridized carbons (Fsp3) is 0.588. The molecule has 0 heterocycles. The predicted octanol–water partition coefficient (Wildman–Crippen LogP) is 2.79. The molecule has 1 rings (SSSR count). The third-order valence-corrected chi connectivity index (χ3v) is 4.92. The van der Waals surface area contributed by atoms with E-state index in [4.69, 9.17) is 0 Å². The minimum Gasteiger partial charge on any atom is -0.352 e. The van der Waals surface area contributed by atoms with Crippen molar-refractivity contribution in [1.29, 1.82) is 0 Å². The van der Waals surface area contributed by atoms with Crippen LogP contribution in [0.3, 0.4) is 0 Å². The van der Waals surface area contributed by atoms with Gasteiger partial charge < -0.3 is 5.32 Å². The Morgan fingerprint density at radius 2 is 1.48 bits per heavy atom. The van der Waals surface area contributed by atoms with Crippen molar-refractivity contribution in [2.45, 2.75) is 45.4 Å². The molecule has 0 bridgehead atoms. The summed E-state index contributed by atoms with van der Waals surface area (Å²) in [4.78, 5) is 12.1. The van der Waals surface area contributed by atoms with E-state index in [0.717, 1.165) is 12.8 Å². The van der Waals surface area contributed by atoms with E-state index in [1.54, 1.807) is 12.1 Å². The third-order valence-electron chi connectivity index (χ3n) is 3.45. The van der Waals surface area contributed by atoms with Crippen LogP contribution in [0.5, 0.6) is 0 Å². The lowest BCUT2D eigenvalue weighted by molar-refractivity contribution is 0.0952. The number of hydrogen-bond donors (Lipinski definition) is 2. The van der Waals surface area contributed by atoms with Crippen LogP contribution in [0.4, 0.5) is 0 Å². The highest BCUT2D eigenvalue weighted by Gasteiger charge is 2.14. The molecule has 0 atom stereocenters. The van der Waals surface area contributed by atoms with Gasteiger partial charge in [-0.1, -0.05) is 27.7 Å². The lowest BCUT2D eigenvalue weighted by Crippen LogP contribution is -2.26. The Morgan fingerprint density at radius 3 is 2.00 bits per heavy atom. The van der Waals surface area contributed by atoms with Gasteiger partial charge in [-0.05, 0) is 48.9 Å². The highest BCUT2D eigenvalue weighted by Crippen LogP contribution is 2.11. The Morgan fingerprint density at radius 1 is 0.957 bits per heavy atom. The molecule has 1 aromatic rings. The Kier molecular flexibility index (Phi) is 7.72. The minimum absolute atomic E-state index is 0.178. The molecule has 0 unspecified atom stereocenters. The van der Waals surface area contributed by atoms with Crippen molar-refractivity contribution in [3.05, 3.63) is 29.8 Å². The van der Waals surface area contributed by atoms with Crippen molar-refractivity contribution in [1.82, 2.24) is 10.0 Å². The number of hydrogen-bond acceptors (Lipinski definition) is 3. The van der Waals surface area contributed by atoms with E-state index >= 15 is 0 Å². The fourth-order valence-corrected chi connectivity index (χ4v) is 2.97. The summed E-state index contributed by atoms with van der Waals surface area (Å²) in [5.41, 5.74) is 0.467. The van der Waals surface area contributed by atoms with Crippen LogP contribution < -0.4 is 10.0 Å². The highest BCUT2D eigenvalue weighted by molar-refractivity contribution is 7.89. The molecule has 0 radical (unpaired) electrons. The molecule has 0 fully saturated rings. The van der Waals surface area contributed by atoms with E-state index in [-0.39, 0.29) is 10.8 Å². The Hall–Kier alpha value is -1.40. The number of carbonyl (C=O) groups excluding carboxylic acids is 1. The average molecular weight is 340 g/mol. The van der Waals surface area contributed by atoms with Crippen LogP contribution in [0.15, 0.2) is 29.2 Å². The second kappa shape index (κ2) is 9.03. The molecule has 0 aliphatic carbocycles. The van der Waals surface area contributed by atoms with Crippen molar-refractivity contribution >= 4 is 15.9 Å². The summed E-state index contributed by atoms with van der Waals surface area (Å²) in [6, 6.07) is 6.02. The smallest absolute Gasteiger partial charge is 0.251 e. The second-order valence-electron chi connectivity index (χ2n) is 6.54. The third kappa shape index (κ3) is 7.14. The maximum atomic E-state index is 12.1. The van der Waals surface area contributed by atoms with E-state index in [2.05, 4.69) is 23.9 Å². The Bertz CT molecular complexity index is 593. The van der Waals surface area contributed by atoms with E-state index in [1.165, 1.54) is 12.1 Å². The normalized spacial score (nSPS) is 11.9.